The Labute approximate surface area is 121 Å². The van der Waals surface area contributed by atoms with Crippen molar-refractivity contribution < 1.29 is 4.39 Å². The van der Waals surface area contributed by atoms with Crippen LogP contribution in [-0.2, 0) is 0 Å². The smallest absolute Gasteiger partial charge is 0.123 e. The van der Waals surface area contributed by atoms with Gasteiger partial charge in [-0.05, 0) is 67.7 Å². The van der Waals surface area contributed by atoms with E-state index in [-0.39, 0.29) is 11.9 Å². The Kier molecular flexibility index (Phi) is 3.72. The molecule has 0 aliphatic heterocycles. The molecule has 0 amide bonds. The first-order valence-corrected chi connectivity index (χ1v) is 7.80. The molecule has 3 rings (SSSR count). The highest BCUT2D eigenvalue weighted by Crippen LogP contribution is 2.48. The standard InChI is InChI=1S/C17H25FN2/c1-11(19)16-9-15(18)5-6-17(16)20(2)10-14-8-12-3-4-13(14)7-12/h5-6,9,11-14H,3-4,7-8,10,19H2,1-2H3/t11-,12?,13?,14?/m1/s1. The summed E-state index contributed by atoms with van der Waals surface area (Å²) in [4.78, 5) is 2.28. The second-order valence-electron chi connectivity index (χ2n) is 6.81. The van der Waals surface area contributed by atoms with Gasteiger partial charge in [0.15, 0.2) is 0 Å². The summed E-state index contributed by atoms with van der Waals surface area (Å²) in [6.45, 7) is 3.00. The van der Waals surface area contributed by atoms with E-state index in [1.807, 2.05) is 13.0 Å². The van der Waals surface area contributed by atoms with Gasteiger partial charge >= 0.3 is 0 Å². The number of rotatable bonds is 4. The molecule has 4 atom stereocenters. The summed E-state index contributed by atoms with van der Waals surface area (Å²) in [6, 6.07) is 4.86. The van der Waals surface area contributed by atoms with Gasteiger partial charge in [-0.1, -0.05) is 6.42 Å². The number of fused-ring (bicyclic) bond motifs is 2. The molecule has 3 unspecified atom stereocenters. The molecule has 0 heterocycles. The molecule has 1 aromatic carbocycles. The number of hydrogen-bond donors (Lipinski definition) is 1. The van der Waals surface area contributed by atoms with Crippen LogP contribution in [0.15, 0.2) is 18.2 Å². The van der Waals surface area contributed by atoms with Crippen LogP contribution in [0.3, 0.4) is 0 Å². The highest BCUT2D eigenvalue weighted by Gasteiger charge is 2.39. The molecule has 0 radical (unpaired) electrons. The minimum atomic E-state index is -0.200. The van der Waals surface area contributed by atoms with Gasteiger partial charge in [0.2, 0.25) is 0 Å². The van der Waals surface area contributed by atoms with E-state index in [2.05, 4.69) is 11.9 Å². The van der Waals surface area contributed by atoms with Crippen LogP contribution in [0, 0.1) is 23.6 Å². The number of nitrogens with zero attached hydrogens (tertiary/aromatic N) is 1. The third-order valence-corrected chi connectivity index (χ3v) is 5.28. The van der Waals surface area contributed by atoms with Crippen molar-refractivity contribution in [1.29, 1.82) is 0 Å². The molecule has 2 N–H and O–H groups in total. The fourth-order valence-corrected chi connectivity index (χ4v) is 4.29. The summed E-state index contributed by atoms with van der Waals surface area (Å²) < 4.78 is 13.4. The number of halogens is 1. The molecule has 2 nitrogen and oxygen atoms in total. The minimum Gasteiger partial charge on any atom is -0.374 e. The first kappa shape index (κ1) is 13.9. The van der Waals surface area contributed by atoms with Crippen molar-refractivity contribution in [3.05, 3.63) is 29.6 Å². The maximum atomic E-state index is 13.4. The van der Waals surface area contributed by atoms with Crippen LogP contribution in [0.4, 0.5) is 10.1 Å². The zero-order valence-electron chi connectivity index (χ0n) is 12.5. The molecule has 2 aliphatic carbocycles. The second-order valence-corrected chi connectivity index (χ2v) is 6.81. The fourth-order valence-electron chi connectivity index (χ4n) is 4.29. The van der Waals surface area contributed by atoms with Crippen molar-refractivity contribution >= 4 is 5.69 Å². The SMILES string of the molecule is C[C@@H](N)c1cc(F)ccc1N(C)CC1CC2CCC1C2. The number of anilines is 1. The Morgan fingerprint density at radius 1 is 1.35 bits per heavy atom. The Hall–Kier alpha value is -1.09. The van der Waals surface area contributed by atoms with Gasteiger partial charge < -0.3 is 10.6 Å². The Morgan fingerprint density at radius 2 is 2.15 bits per heavy atom. The second kappa shape index (κ2) is 5.36. The van der Waals surface area contributed by atoms with Crippen LogP contribution in [0.5, 0.6) is 0 Å². The Morgan fingerprint density at radius 3 is 2.75 bits per heavy atom. The molecule has 2 aliphatic rings. The molecule has 0 spiro atoms. The van der Waals surface area contributed by atoms with Gasteiger partial charge in [-0.15, -0.1) is 0 Å². The van der Waals surface area contributed by atoms with Gasteiger partial charge in [-0.25, -0.2) is 4.39 Å². The molecule has 2 saturated carbocycles. The van der Waals surface area contributed by atoms with E-state index in [1.165, 1.54) is 25.7 Å². The van der Waals surface area contributed by atoms with Crippen LogP contribution in [0.2, 0.25) is 0 Å². The lowest BCUT2D eigenvalue weighted by molar-refractivity contribution is 0.337. The van der Waals surface area contributed by atoms with Crippen molar-refractivity contribution in [1.82, 2.24) is 0 Å². The molecule has 0 aromatic heterocycles. The summed E-state index contributed by atoms with van der Waals surface area (Å²) in [5.74, 6) is 2.50. The minimum absolute atomic E-state index is 0.136. The van der Waals surface area contributed by atoms with Gasteiger partial charge in [0.25, 0.3) is 0 Å². The fraction of sp³-hybridized carbons (Fsp3) is 0.647. The molecule has 110 valence electrons. The van der Waals surface area contributed by atoms with Gasteiger partial charge in [0.05, 0.1) is 0 Å². The van der Waals surface area contributed by atoms with E-state index in [9.17, 15) is 4.39 Å². The summed E-state index contributed by atoms with van der Waals surface area (Å²) in [5.41, 5.74) is 8.00. The van der Waals surface area contributed by atoms with Crippen LogP contribution in [0.25, 0.3) is 0 Å². The number of benzene rings is 1. The lowest BCUT2D eigenvalue weighted by atomic mass is 9.88. The summed E-state index contributed by atoms with van der Waals surface area (Å²) >= 11 is 0. The van der Waals surface area contributed by atoms with Gasteiger partial charge in [0, 0.05) is 25.3 Å². The highest BCUT2D eigenvalue weighted by atomic mass is 19.1. The average molecular weight is 276 g/mol. The average Bonchev–Trinajstić information content (AvgIpc) is 3.00. The van der Waals surface area contributed by atoms with E-state index in [0.29, 0.717) is 0 Å². The highest BCUT2D eigenvalue weighted by molar-refractivity contribution is 5.54. The van der Waals surface area contributed by atoms with Crippen LogP contribution in [0.1, 0.15) is 44.2 Å². The van der Waals surface area contributed by atoms with Gasteiger partial charge in [0.1, 0.15) is 5.82 Å². The molecule has 2 fully saturated rings. The third-order valence-electron chi connectivity index (χ3n) is 5.28. The molecule has 0 saturated heterocycles. The molecule has 2 bridgehead atoms. The Bertz CT molecular complexity index is 486. The van der Waals surface area contributed by atoms with Crippen LogP contribution < -0.4 is 10.6 Å². The zero-order chi connectivity index (χ0) is 14.3. The number of nitrogens with two attached hydrogens (primary N) is 1. The van der Waals surface area contributed by atoms with E-state index >= 15 is 0 Å². The Balaban J connectivity index is 1.75. The number of hydrogen-bond acceptors (Lipinski definition) is 2. The van der Waals surface area contributed by atoms with E-state index < -0.39 is 0 Å². The first-order valence-electron chi connectivity index (χ1n) is 7.80. The first-order chi connectivity index (χ1) is 9.54. The lowest BCUT2D eigenvalue weighted by Gasteiger charge is -2.30. The maximum absolute atomic E-state index is 13.4. The predicted molar refractivity (Wildman–Crippen MR) is 81.2 cm³/mol. The normalized spacial score (nSPS) is 29.7. The molecule has 20 heavy (non-hydrogen) atoms. The van der Waals surface area contributed by atoms with Gasteiger partial charge in [-0.2, -0.15) is 0 Å². The molecular formula is C17H25FN2. The zero-order valence-corrected chi connectivity index (χ0v) is 12.5. The predicted octanol–water partition coefficient (Wildman–Crippen LogP) is 3.72. The van der Waals surface area contributed by atoms with Crippen molar-refractivity contribution in [2.75, 3.05) is 18.5 Å². The lowest BCUT2D eigenvalue weighted by Crippen LogP contribution is -2.29. The van der Waals surface area contributed by atoms with E-state index in [4.69, 9.17) is 5.73 Å². The van der Waals surface area contributed by atoms with E-state index in [1.54, 1.807) is 12.1 Å². The summed E-state index contributed by atoms with van der Waals surface area (Å²) in [6.07, 6.45) is 5.66. The molecular weight excluding hydrogens is 251 g/mol. The quantitative estimate of drug-likeness (QED) is 0.908. The monoisotopic (exact) mass is 276 g/mol. The van der Waals surface area contributed by atoms with Crippen LogP contribution >= 0.6 is 0 Å². The summed E-state index contributed by atoms with van der Waals surface area (Å²) in [5, 5.41) is 0. The van der Waals surface area contributed by atoms with Crippen LogP contribution in [-0.4, -0.2) is 13.6 Å². The van der Waals surface area contributed by atoms with Crippen molar-refractivity contribution in [2.24, 2.45) is 23.5 Å². The maximum Gasteiger partial charge on any atom is 0.123 e. The van der Waals surface area contributed by atoms with Crippen molar-refractivity contribution in [2.45, 2.75) is 38.6 Å². The third kappa shape index (κ3) is 2.56. The largest absolute Gasteiger partial charge is 0.374 e. The topological polar surface area (TPSA) is 29.3 Å². The van der Waals surface area contributed by atoms with Crippen molar-refractivity contribution in [3.63, 3.8) is 0 Å². The van der Waals surface area contributed by atoms with E-state index in [0.717, 1.165) is 35.5 Å². The molecule has 3 heteroatoms. The van der Waals surface area contributed by atoms with Gasteiger partial charge in [-0.3, -0.25) is 0 Å². The summed E-state index contributed by atoms with van der Waals surface area (Å²) in [7, 11) is 2.12. The van der Waals surface area contributed by atoms with Crippen molar-refractivity contribution in [3.8, 4) is 0 Å². The molecule has 1 aromatic rings.